The van der Waals surface area contributed by atoms with E-state index in [9.17, 15) is 0 Å². The molecule has 2 rings (SSSR count). The summed E-state index contributed by atoms with van der Waals surface area (Å²) in [5.41, 5.74) is 4.06. The molecule has 146 valence electrons. The summed E-state index contributed by atoms with van der Waals surface area (Å²) >= 11 is 0. The van der Waals surface area contributed by atoms with Gasteiger partial charge in [0, 0.05) is 18.6 Å². The molecule has 0 amide bonds. The lowest BCUT2D eigenvalue weighted by molar-refractivity contribution is 0.0342. The summed E-state index contributed by atoms with van der Waals surface area (Å²) in [7, 11) is -2.19. The minimum absolute atomic E-state index is 0.0878. The van der Waals surface area contributed by atoms with Crippen molar-refractivity contribution < 1.29 is 13.7 Å². The first-order chi connectivity index (χ1) is 12.0. The SMILES string of the molecule is Cc1cc(O[Si](C(C)C)(C(C)C)C(C)C)ccc1B1OCC(C)(C)CO1. The molecular weight excluding hydrogens is 339 g/mol. The lowest BCUT2D eigenvalue weighted by atomic mass is 9.73. The molecule has 0 aromatic heterocycles. The van der Waals surface area contributed by atoms with Gasteiger partial charge in [0.25, 0.3) is 8.32 Å². The second kappa shape index (κ2) is 8.07. The van der Waals surface area contributed by atoms with Crippen LogP contribution < -0.4 is 9.89 Å². The van der Waals surface area contributed by atoms with E-state index in [0.29, 0.717) is 16.6 Å². The molecule has 0 bridgehead atoms. The Balaban J connectivity index is 2.23. The van der Waals surface area contributed by atoms with Crippen LogP contribution in [0.15, 0.2) is 18.2 Å². The fraction of sp³-hybridized carbons (Fsp3) is 0.714. The first-order valence-corrected chi connectivity index (χ1v) is 12.2. The smallest absolute Gasteiger partial charge is 0.494 e. The molecule has 0 N–H and O–H groups in total. The third-order valence-electron chi connectivity index (χ3n) is 5.75. The predicted octanol–water partition coefficient (Wildman–Crippen LogP) is 5.32. The molecule has 0 saturated carbocycles. The average molecular weight is 376 g/mol. The Morgan fingerprint density at radius 3 is 1.88 bits per heavy atom. The number of benzene rings is 1. The highest BCUT2D eigenvalue weighted by Gasteiger charge is 2.47. The molecule has 26 heavy (non-hydrogen) atoms. The van der Waals surface area contributed by atoms with Crippen LogP contribution in [0.3, 0.4) is 0 Å². The van der Waals surface area contributed by atoms with Crippen LogP contribution in [0, 0.1) is 12.3 Å². The summed E-state index contributed by atoms with van der Waals surface area (Å²) in [6.45, 7) is 21.8. The topological polar surface area (TPSA) is 27.7 Å². The van der Waals surface area contributed by atoms with E-state index in [4.69, 9.17) is 13.7 Å². The Bertz CT molecular complexity index is 581. The van der Waals surface area contributed by atoms with Crippen molar-refractivity contribution in [2.24, 2.45) is 5.41 Å². The molecule has 1 aromatic carbocycles. The molecule has 0 atom stereocenters. The highest BCUT2D eigenvalue weighted by atomic mass is 28.4. The van der Waals surface area contributed by atoms with Gasteiger partial charge in [0.2, 0.25) is 0 Å². The van der Waals surface area contributed by atoms with Crippen molar-refractivity contribution in [1.29, 1.82) is 0 Å². The maximum atomic E-state index is 6.80. The van der Waals surface area contributed by atoms with Gasteiger partial charge in [-0.3, -0.25) is 0 Å². The second-order valence-electron chi connectivity index (χ2n) is 9.56. The van der Waals surface area contributed by atoms with Crippen LogP contribution in [-0.2, 0) is 9.31 Å². The molecule has 3 nitrogen and oxygen atoms in total. The van der Waals surface area contributed by atoms with Crippen LogP contribution in [0.25, 0.3) is 0 Å². The van der Waals surface area contributed by atoms with Crippen LogP contribution in [0.2, 0.25) is 16.6 Å². The lowest BCUT2D eigenvalue weighted by Crippen LogP contribution is -2.51. The first-order valence-electron chi connectivity index (χ1n) is 10.0. The fourth-order valence-electron chi connectivity index (χ4n) is 4.41. The van der Waals surface area contributed by atoms with Crippen LogP contribution >= 0.6 is 0 Å². The van der Waals surface area contributed by atoms with Gasteiger partial charge in [-0.2, -0.15) is 0 Å². The van der Waals surface area contributed by atoms with E-state index in [1.54, 1.807) is 0 Å². The minimum Gasteiger partial charge on any atom is -0.543 e. The van der Waals surface area contributed by atoms with Gasteiger partial charge in [0.15, 0.2) is 0 Å². The maximum Gasteiger partial charge on any atom is 0.494 e. The number of rotatable bonds is 6. The molecule has 1 aliphatic rings. The zero-order valence-corrected chi connectivity index (χ0v) is 19.2. The van der Waals surface area contributed by atoms with Gasteiger partial charge in [0.1, 0.15) is 5.75 Å². The Morgan fingerprint density at radius 2 is 1.46 bits per heavy atom. The molecule has 1 fully saturated rings. The van der Waals surface area contributed by atoms with E-state index in [2.05, 4.69) is 80.5 Å². The fourth-order valence-corrected chi connectivity index (χ4v) is 9.65. The van der Waals surface area contributed by atoms with E-state index < -0.39 is 8.32 Å². The van der Waals surface area contributed by atoms with Gasteiger partial charge < -0.3 is 13.7 Å². The van der Waals surface area contributed by atoms with Crippen molar-refractivity contribution in [3.8, 4) is 5.75 Å². The number of hydrogen-bond acceptors (Lipinski definition) is 3. The summed E-state index contributed by atoms with van der Waals surface area (Å²) < 4.78 is 18.7. The molecule has 0 spiro atoms. The van der Waals surface area contributed by atoms with E-state index >= 15 is 0 Å². The number of aryl methyl sites for hydroxylation is 1. The van der Waals surface area contributed by atoms with E-state index in [1.165, 1.54) is 5.56 Å². The zero-order valence-electron chi connectivity index (χ0n) is 18.2. The Hall–Kier alpha value is -0.778. The van der Waals surface area contributed by atoms with Gasteiger partial charge in [-0.05, 0) is 46.7 Å². The van der Waals surface area contributed by atoms with E-state index in [0.717, 1.165) is 24.4 Å². The van der Waals surface area contributed by atoms with Crippen molar-refractivity contribution >= 4 is 20.9 Å². The van der Waals surface area contributed by atoms with Gasteiger partial charge >= 0.3 is 7.12 Å². The molecule has 0 radical (unpaired) electrons. The standard InChI is InChI=1S/C21H37BO3Si/c1-15(2)26(16(3)4,17(5)6)25-19-10-11-20(18(7)12-19)22-23-13-21(8,9)14-24-22/h10-12,15-17H,13-14H2,1-9H3. The third kappa shape index (κ3) is 4.37. The summed E-state index contributed by atoms with van der Waals surface area (Å²) in [5.74, 6) is 0.991. The molecule has 1 heterocycles. The van der Waals surface area contributed by atoms with Crippen molar-refractivity contribution in [2.45, 2.75) is 78.9 Å². The van der Waals surface area contributed by atoms with Crippen molar-refractivity contribution in [3.63, 3.8) is 0 Å². The quantitative estimate of drug-likeness (QED) is 0.629. The van der Waals surface area contributed by atoms with Gasteiger partial charge in [-0.25, -0.2) is 0 Å². The zero-order chi connectivity index (χ0) is 19.7. The maximum absolute atomic E-state index is 6.80. The van der Waals surface area contributed by atoms with Crippen LogP contribution in [0.1, 0.15) is 61.0 Å². The highest BCUT2D eigenvalue weighted by Crippen LogP contribution is 2.42. The molecular formula is C21H37BO3Si. The molecule has 1 aliphatic heterocycles. The van der Waals surface area contributed by atoms with Crippen LogP contribution in [0.4, 0.5) is 0 Å². The molecule has 1 saturated heterocycles. The van der Waals surface area contributed by atoms with Gasteiger partial charge in [-0.15, -0.1) is 0 Å². The van der Waals surface area contributed by atoms with E-state index in [-0.39, 0.29) is 12.5 Å². The lowest BCUT2D eigenvalue weighted by Gasteiger charge is -2.42. The summed E-state index contributed by atoms with van der Waals surface area (Å²) in [6.07, 6.45) is 0. The highest BCUT2D eigenvalue weighted by molar-refractivity contribution is 6.78. The second-order valence-corrected chi connectivity index (χ2v) is 14.9. The summed E-state index contributed by atoms with van der Waals surface area (Å²) in [5, 5.41) is 0. The molecule has 1 aromatic rings. The first kappa shape index (κ1) is 21.5. The Morgan fingerprint density at radius 1 is 0.962 bits per heavy atom. The van der Waals surface area contributed by atoms with E-state index in [1.807, 2.05) is 0 Å². The van der Waals surface area contributed by atoms with Crippen LogP contribution in [0.5, 0.6) is 5.75 Å². The molecule has 5 heteroatoms. The van der Waals surface area contributed by atoms with Gasteiger partial charge in [0.05, 0.1) is 0 Å². The van der Waals surface area contributed by atoms with Gasteiger partial charge in [-0.1, -0.05) is 61.5 Å². The number of hydrogen-bond donors (Lipinski definition) is 0. The summed E-state index contributed by atoms with van der Waals surface area (Å²) in [6, 6.07) is 6.38. The predicted molar refractivity (Wildman–Crippen MR) is 114 cm³/mol. The average Bonchev–Trinajstić information content (AvgIpc) is 2.52. The van der Waals surface area contributed by atoms with Crippen molar-refractivity contribution in [3.05, 3.63) is 23.8 Å². The summed E-state index contributed by atoms with van der Waals surface area (Å²) in [4.78, 5) is 0. The molecule has 0 aliphatic carbocycles. The van der Waals surface area contributed by atoms with Crippen LogP contribution in [-0.4, -0.2) is 28.6 Å². The Labute approximate surface area is 162 Å². The monoisotopic (exact) mass is 376 g/mol. The Kier molecular flexibility index (Phi) is 6.68. The largest absolute Gasteiger partial charge is 0.543 e. The minimum atomic E-state index is -1.93. The van der Waals surface area contributed by atoms with Crippen molar-refractivity contribution in [1.82, 2.24) is 0 Å². The third-order valence-corrected chi connectivity index (χ3v) is 11.8. The normalized spacial score (nSPS) is 18.1. The van der Waals surface area contributed by atoms with Crippen molar-refractivity contribution in [2.75, 3.05) is 13.2 Å². The molecule has 0 unspecified atom stereocenters.